The topological polar surface area (TPSA) is 78.9 Å². The minimum atomic E-state index is -0.794. The summed E-state index contributed by atoms with van der Waals surface area (Å²) < 4.78 is 16.9. The van der Waals surface area contributed by atoms with Crippen LogP contribution in [-0.4, -0.2) is 37.2 Å². The fourth-order valence-electron chi connectivity index (χ4n) is 9.61. The smallest absolute Gasteiger partial charge is 0.306 e. The van der Waals surface area contributed by atoms with Crippen LogP contribution in [0.4, 0.5) is 0 Å². The van der Waals surface area contributed by atoms with E-state index in [1.165, 1.54) is 218 Å². The van der Waals surface area contributed by atoms with Crippen LogP contribution in [0.5, 0.6) is 0 Å². The summed E-state index contributed by atoms with van der Waals surface area (Å²) in [5.41, 5.74) is 0. The maximum Gasteiger partial charge on any atom is 0.306 e. The molecule has 0 aromatic heterocycles. The second-order valence-electron chi connectivity index (χ2n) is 22.0. The van der Waals surface area contributed by atoms with Crippen LogP contribution >= 0.6 is 0 Å². The Kier molecular flexibility index (Phi) is 61.2. The van der Waals surface area contributed by atoms with Gasteiger partial charge in [-0.15, -0.1) is 0 Å². The first-order valence-electron chi connectivity index (χ1n) is 32.8. The van der Waals surface area contributed by atoms with E-state index in [-0.39, 0.29) is 37.5 Å². The lowest BCUT2D eigenvalue weighted by Crippen LogP contribution is -2.30. The molecule has 0 aliphatic rings. The summed E-state index contributed by atoms with van der Waals surface area (Å²) in [6, 6.07) is 0. The van der Waals surface area contributed by atoms with Crippen molar-refractivity contribution in [3.05, 3.63) is 60.8 Å². The van der Waals surface area contributed by atoms with E-state index in [4.69, 9.17) is 14.2 Å². The molecule has 0 radical (unpaired) electrons. The van der Waals surface area contributed by atoms with Gasteiger partial charge in [0.15, 0.2) is 6.10 Å². The molecule has 0 rings (SSSR count). The average molecular weight is 1050 g/mol. The van der Waals surface area contributed by atoms with Crippen molar-refractivity contribution in [3.8, 4) is 0 Å². The molecule has 0 aliphatic carbocycles. The zero-order valence-corrected chi connectivity index (χ0v) is 50.1. The van der Waals surface area contributed by atoms with Crippen molar-refractivity contribution in [2.75, 3.05) is 13.2 Å². The molecule has 0 aromatic carbocycles. The zero-order valence-electron chi connectivity index (χ0n) is 50.1. The molecule has 6 heteroatoms. The van der Waals surface area contributed by atoms with Gasteiger partial charge >= 0.3 is 17.9 Å². The highest BCUT2D eigenvalue weighted by molar-refractivity contribution is 5.71. The van der Waals surface area contributed by atoms with Crippen molar-refractivity contribution in [3.63, 3.8) is 0 Å². The van der Waals surface area contributed by atoms with Gasteiger partial charge in [-0.3, -0.25) is 14.4 Å². The minimum Gasteiger partial charge on any atom is -0.462 e. The molecule has 1 atom stereocenters. The van der Waals surface area contributed by atoms with Crippen LogP contribution in [0.3, 0.4) is 0 Å². The van der Waals surface area contributed by atoms with Crippen molar-refractivity contribution in [1.82, 2.24) is 0 Å². The Bertz CT molecular complexity index is 1340. The summed E-state index contributed by atoms with van der Waals surface area (Å²) >= 11 is 0. The first-order valence-corrected chi connectivity index (χ1v) is 32.8. The van der Waals surface area contributed by atoms with E-state index in [1.54, 1.807) is 0 Å². The lowest BCUT2D eigenvalue weighted by atomic mass is 10.0. The highest BCUT2D eigenvalue weighted by Gasteiger charge is 2.19. The van der Waals surface area contributed by atoms with Gasteiger partial charge in [0.05, 0.1) is 0 Å². The van der Waals surface area contributed by atoms with Crippen LogP contribution in [0.25, 0.3) is 0 Å². The monoisotopic (exact) mass is 1050 g/mol. The van der Waals surface area contributed by atoms with E-state index in [0.717, 1.165) is 77.0 Å². The summed E-state index contributed by atoms with van der Waals surface area (Å²) in [6.45, 7) is 6.54. The van der Waals surface area contributed by atoms with Crippen molar-refractivity contribution in [2.24, 2.45) is 0 Å². The maximum absolute atomic E-state index is 12.9. The Morgan fingerprint density at radius 2 is 0.520 bits per heavy atom. The molecule has 0 heterocycles. The number of ether oxygens (including phenoxy) is 3. The van der Waals surface area contributed by atoms with E-state index >= 15 is 0 Å². The molecular formula is C69H124O6. The number of hydrogen-bond donors (Lipinski definition) is 0. The van der Waals surface area contributed by atoms with Gasteiger partial charge < -0.3 is 14.2 Å². The van der Waals surface area contributed by atoms with Crippen LogP contribution in [0, 0.1) is 0 Å². The predicted molar refractivity (Wildman–Crippen MR) is 325 cm³/mol. The van der Waals surface area contributed by atoms with Crippen LogP contribution < -0.4 is 0 Å². The molecule has 6 nitrogen and oxygen atoms in total. The van der Waals surface area contributed by atoms with Gasteiger partial charge in [-0.2, -0.15) is 0 Å². The molecule has 1 unspecified atom stereocenters. The molecule has 0 saturated carbocycles. The lowest BCUT2D eigenvalue weighted by Gasteiger charge is -2.18. The fraction of sp³-hybridized carbons (Fsp3) is 0.812. The van der Waals surface area contributed by atoms with Gasteiger partial charge in [-0.1, -0.05) is 300 Å². The summed E-state index contributed by atoms with van der Waals surface area (Å²) in [6.07, 6.45) is 81.0. The summed E-state index contributed by atoms with van der Waals surface area (Å²) in [5, 5.41) is 0. The molecule has 0 bridgehead atoms. The van der Waals surface area contributed by atoms with Gasteiger partial charge in [0.1, 0.15) is 13.2 Å². The van der Waals surface area contributed by atoms with Gasteiger partial charge in [0.2, 0.25) is 0 Å². The third-order valence-electron chi connectivity index (χ3n) is 14.5. The van der Waals surface area contributed by atoms with Crippen molar-refractivity contribution in [2.45, 2.75) is 348 Å². The predicted octanol–water partition coefficient (Wildman–Crippen LogP) is 22.3. The van der Waals surface area contributed by atoms with Gasteiger partial charge in [-0.05, 0) is 83.5 Å². The van der Waals surface area contributed by atoms with Crippen LogP contribution in [0.1, 0.15) is 342 Å². The molecule has 75 heavy (non-hydrogen) atoms. The third-order valence-corrected chi connectivity index (χ3v) is 14.5. The second-order valence-corrected chi connectivity index (χ2v) is 22.0. The van der Waals surface area contributed by atoms with E-state index in [0.29, 0.717) is 19.3 Å². The third kappa shape index (κ3) is 61.8. The average Bonchev–Trinajstić information content (AvgIpc) is 3.41. The molecular weight excluding hydrogens is 925 g/mol. The second kappa shape index (κ2) is 63.6. The summed E-state index contributed by atoms with van der Waals surface area (Å²) in [4.78, 5) is 38.3. The Morgan fingerprint density at radius 1 is 0.280 bits per heavy atom. The number of allylic oxidation sites excluding steroid dienone is 10. The standard InChI is InChI=1S/C69H124O6/c1-4-7-10-13-16-19-22-25-28-29-30-31-32-33-34-35-36-37-38-39-42-44-47-50-53-56-59-62-68(71)74-65-66(75-69(72)63-60-57-54-51-48-45-41-27-24-21-18-15-12-9-6-3)64-73-67(70)61-58-55-52-49-46-43-40-26-23-20-17-14-11-8-5-2/h9,12,18,21,27,29-30,41,48,51,66H,4-8,10-11,13-17,19-20,22-26,28,31-40,42-47,49-50,52-65H2,1-3H3/b12-9-,21-18-,30-29-,41-27-,51-48-. The Balaban J connectivity index is 4.25. The summed E-state index contributed by atoms with van der Waals surface area (Å²) in [5.74, 6) is -0.910. The van der Waals surface area contributed by atoms with Crippen molar-refractivity contribution >= 4 is 17.9 Å². The number of unbranched alkanes of at least 4 members (excludes halogenated alkanes) is 39. The van der Waals surface area contributed by atoms with Crippen LogP contribution in [-0.2, 0) is 28.6 Å². The van der Waals surface area contributed by atoms with Crippen molar-refractivity contribution in [1.29, 1.82) is 0 Å². The van der Waals surface area contributed by atoms with Gasteiger partial charge in [0, 0.05) is 19.3 Å². The number of rotatable bonds is 60. The zero-order chi connectivity index (χ0) is 54.3. The number of carbonyl (C=O) groups excluding carboxylic acids is 3. The molecule has 0 fully saturated rings. The van der Waals surface area contributed by atoms with E-state index in [2.05, 4.69) is 81.5 Å². The van der Waals surface area contributed by atoms with E-state index < -0.39 is 6.10 Å². The minimum absolute atomic E-state index is 0.0870. The number of esters is 3. The first-order chi connectivity index (χ1) is 37.0. The van der Waals surface area contributed by atoms with E-state index in [1.807, 2.05) is 0 Å². The van der Waals surface area contributed by atoms with Crippen molar-refractivity contribution < 1.29 is 28.6 Å². The first kappa shape index (κ1) is 72.1. The molecule has 0 amide bonds. The lowest BCUT2D eigenvalue weighted by molar-refractivity contribution is -0.167. The van der Waals surface area contributed by atoms with E-state index in [9.17, 15) is 14.4 Å². The van der Waals surface area contributed by atoms with Gasteiger partial charge in [-0.25, -0.2) is 0 Å². The molecule has 0 saturated heterocycles. The maximum atomic E-state index is 12.9. The number of hydrogen-bond acceptors (Lipinski definition) is 6. The van der Waals surface area contributed by atoms with Crippen LogP contribution in [0.2, 0.25) is 0 Å². The molecule has 0 aromatic rings. The van der Waals surface area contributed by atoms with Crippen LogP contribution in [0.15, 0.2) is 60.8 Å². The Labute approximate surface area is 466 Å². The molecule has 0 spiro atoms. The molecule has 436 valence electrons. The SMILES string of the molecule is CC/C=C\C/C=C\C/C=C\C/C=C\CCCCC(=O)OC(COC(=O)CCCCCCCCCCCCCCCCC)COC(=O)CCCCCCCCCCCCCCCCC/C=C\CCCCCCCCCC. The highest BCUT2D eigenvalue weighted by Crippen LogP contribution is 2.17. The molecule has 0 aliphatic heterocycles. The summed E-state index contributed by atoms with van der Waals surface area (Å²) in [7, 11) is 0. The normalized spacial score (nSPS) is 12.4. The number of carbonyl (C=O) groups is 3. The largest absolute Gasteiger partial charge is 0.462 e. The van der Waals surface area contributed by atoms with Gasteiger partial charge in [0.25, 0.3) is 0 Å². The highest BCUT2D eigenvalue weighted by atomic mass is 16.6. The molecule has 0 N–H and O–H groups in total. The Morgan fingerprint density at radius 3 is 0.853 bits per heavy atom. The fourth-order valence-corrected chi connectivity index (χ4v) is 9.61. The Hall–Kier alpha value is -2.89. The quantitative estimate of drug-likeness (QED) is 0.0261.